The zero-order valence-corrected chi connectivity index (χ0v) is 9.71. The van der Waals surface area contributed by atoms with Crippen LogP contribution in [0.15, 0.2) is 59.6 Å². The number of hydrogen-bond donors (Lipinski definition) is 0. The Morgan fingerprint density at radius 1 is 0.824 bits per heavy atom. The molecule has 0 saturated heterocycles. The first-order chi connectivity index (χ1) is 8.42. The van der Waals surface area contributed by atoms with Gasteiger partial charge in [0.15, 0.2) is 0 Å². The molecule has 0 radical (unpaired) electrons. The van der Waals surface area contributed by atoms with Gasteiger partial charge in [-0.05, 0) is 29.5 Å². The van der Waals surface area contributed by atoms with Gasteiger partial charge in [0.1, 0.15) is 0 Å². The molecule has 0 heterocycles. The molecule has 3 rings (SSSR count). The van der Waals surface area contributed by atoms with Crippen LogP contribution < -0.4 is 0 Å². The number of benzene rings is 2. The Morgan fingerprint density at radius 2 is 1.47 bits per heavy atom. The Bertz CT molecular complexity index is 507. The quantitative estimate of drug-likeness (QED) is 0.696. The second-order valence-electron chi connectivity index (χ2n) is 4.50. The van der Waals surface area contributed by atoms with Crippen LogP contribution in [-0.2, 0) is 0 Å². The lowest BCUT2D eigenvalue weighted by atomic mass is 10.0. The van der Waals surface area contributed by atoms with Crippen LogP contribution in [-0.4, -0.2) is 12.3 Å². The molecule has 0 atom stereocenters. The summed E-state index contributed by atoms with van der Waals surface area (Å²) in [5.74, 6) is 0. The Morgan fingerprint density at radius 3 is 2.12 bits per heavy atom. The summed E-state index contributed by atoms with van der Waals surface area (Å²) in [7, 11) is 0. The lowest BCUT2D eigenvalue weighted by molar-refractivity contribution is 1.08. The van der Waals surface area contributed by atoms with Gasteiger partial charge in [-0.25, -0.2) is 0 Å². The Balaban J connectivity index is 1.80. The fourth-order valence-corrected chi connectivity index (χ4v) is 1.81. The van der Waals surface area contributed by atoms with Crippen molar-refractivity contribution >= 4 is 6.21 Å². The van der Waals surface area contributed by atoms with Gasteiger partial charge in [0.2, 0.25) is 0 Å². The molecule has 2 aromatic carbocycles. The second kappa shape index (κ2) is 4.54. The van der Waals surface area contributed by atoms with E-state index in [1.165, 1.54) is 29.5 Å². The Hall–Kier alpha value is -1.89. The monoisotopic (exact) mass is 221 g/mol. The van der Waals surface area contributed by atoms with E-state index in [0.29, 0.717) is 6.04 Å². The predicted octanol–water partition coefficient (Wildman–Crippen LogP) is 3.93. The normalized spacial score (nSPS) is 15.3. The molecule has 1 aliphatic carbocycles. The molecule has 2 aromatic rings. The standard InChI is InChI=1S/C16H15N/c1-2-4-14(5-3-1)15-8-6-13(7-9-15)12-17-16-10-11-16/h1-9,12,16H,10-11H2. The largest absolute Gasteiger partial charge is 0.289 e. The van der Waals surface area contributed by atoms with E-state index in [4.69, 9.17) is 0 Å². The van der Waals surface area contributed by atoms with E-state index in [9.17, 15) is 0 Å². The summed E-state index contributed by atoms with van der Waals surface area (Å²) in [6.07, 6.45) is 4.52. The molecule has 0 aliphatic heterocycles. The highest BCUT2D eigenvalue weighted by atomic mass is 14.8. The van der Waals surface area contributed by atoms with Crippen molar-refractivity contribution in [2.45, 2.75) is 18.9 Å². The maximum atomic E-state index is 4.48. The molecule has 17 heavy (non-hydrogen) atoms. The van der Waals surface area contributed by atoms with Crippen LogP contribution in [0.5, 0.6) is 0 Å². The van der Waals surface area contributed by atoms with Gasteiger partial charge in [-0.3, -0.25) is 4.99 Å². The molecule has 1 fully saturated rings. The van der Waals surface area contributed by atoms with E-state index in [1.807, 2.05) is 12.3 Å². The van der Waals surface area contributed by atoms with Gasteiger partial charge in [-0.2, -0.15) is 0 Å². The van der Waals surface area contributed by atoms with Crippen LogP contribution in [0.2, 0.25) is 0 Å². The third-order valence-electron chi connectivity index (χ3n) is 3.00. The van der Waals surface area contributed by atoms with E-state index in [2.05, 4.69) is 53.5 Å². The molecule has 0 bridgehead atoms. The van der Waals surface area contributed by atoms with Gasteiger partial charge >= 0.3 is 0 Å². The van der Waals surface area contributed by atoms with Gasteiger partial charge < -0.3 is 0 Å². The third-order valence-corrected chi connectivity index (χ3v) is 3.00. The van der Waals surface area contributed by atoms with Gasteiger partial charge in [0, 0.05) is 6.21 Å². The zero-order valence-electron chi connectivity index (χ0n) is 9.71. The van der Waals surface area contributed by atoms with Crippen LogP contribution in [0.25, 0.3) is 11.1 Å². The molecule has 1 heteroatoms. The van der Waals surface area contributed by atoms with Crippen molar-refractivity contribution in [2.75, 3.05) is 0 Å². The highest BCUT2D eigenvalue weighted by Crippen LogP contribution is 2.23. The van der Waals surface area contributed by atoms with E-state index in [0.717, 1.165) is 0 Å². The summed E-state index contributed by atoms with van der Waals surface area (Å²) in [4.78, 5) is 4.48. The summed E-state index contributed by atoms with van der Waals surface area (Å²) in [6, 6.07) is 19.6. The number of rotatable bonds is 3. The molecule has 1 saturated carbocycles. The Labute approximate surface area is 102 Å². The lowest BCUT2D eigenvalue weighted by Crippen LogP contribution is -1.84. The highest BCUT2D eigenvalue weighted by molar-refractivity contribution is 5.81. The van der Waals surface area contributed by atoms with Gasteiger partial charge in [0.25, 0.3) is 0 Å². The summed E-state index contributed by atoms with van der Waals surface area (Å²) in [5.41, 5.74) is 3.71. The molecular weight excluding hydrogens is 206 g/mol. The first-order valence-corrected chi connectivity index (χ1v) is 6.10. The maximum Gasteiger partial charge on any atom is 0.0501 e. The highest BCUT2D eigenvalue weighted by Gasteiger charge is 2.18. The number of hydrogen-bond acceptors (Lipinski definition) is 1. The Kier molecular flexibility index (Phi) is 2.74. The zero-order chi connectivity index (χ0) is 11.5. The topological polar surface area (TPSA) is 12.4 Å². The van der Waals surface area contributed by atoms with Crippen molar-refractivity contribution in [3.05, 3.63) is 60.2 Å². The summed E-state index contributed by atoms with van der Waals surface area (Å²) < 4.78 is 0. The van der Waals surface area contributed by atoms with Crippen LogP contribution >= 0.6 is 0 Å². The van der Waals surface area contributed by atoms with Gasteiger partial charge in [0.05, 0.1) is 6.04 Å². The average Bonchev–Trinajstić information content (AvgIpc) is 3.22. The minimum Gasteiger partial charge on any atom is -0.289 e. The summed E-state index contributed by atoms with van der Waals surface area (Å²) in [6.45, 7) is 0. The molecule has 84 valence electrons. The van der Waals surface area contributed by atoms with E-state index >= 15 is 0 Å². The van der Waals surface area contributed by atoms with E-state index in [1.54, 1.807) is 0 Å². The SMILES string of the molecule is C(=NC1CC1)c1ccc(-c2ccccc2)cc1. The molecule has 1 nitrogen and oxygen atoms in total. The summed E-state index contributed by atoms with van der Waals surface area (Å²) in [5, 5.41) is 0. The molecule has 1 aliphatic rings. The van der Waals surface area contributed by atoms with Crippen molar-refractivity contribution in [2.24, 2.45) is 4.99 Å². The fraction of sp³-hybridized carbons (Fsp3) is 0.188. The summed E-state index contributed by atoms with van der Waals surface area (Å²) >= 11 is 0. The lowest BCUT2D eigenvalue weighted by Gasteiger charge is -2.01. The molecule has 0 unspecified atom stereocenters. The molecule has 0 amide bonds. The maximum absolute atomic E-state index is 4.48. The van der Waals surface area contributed by atoms with Crippen LogP contribution in [0.1, 0.15) is 18.4 Å². The number of aliphatic imine (C=N–C) groups is 1. The van der Waals surface area contributed by atoms with Crippen LogP contribution in [0.3, 0.4) is 0 Å². The fourth-order valence-electron chi connectivity index (χ4n) is 1.81. The van der Waals surface area contributed by atoms with E-state index in [-0.39, 0.29) is 0 Å². The predicted molar refractivity (Wildman–Crippen MR) is 72.5 cm³/mol. The van der Waals surface area contributed by atoms with Crippen LogP contribution in [0, 0.1) is 0 Å². The van der Waals surface area contributed by atoms with Gasteiger partial charge in [-0.15, -0.1) is 0 Å². The molecule has 0 aromatic heterocycles. The van der Waals surface area contributed by atoms with Crippen molar-refractivity contribution in [3.63, 3.8) is 0 Å². The minimum absolute atomic E-state index is 0.601. The number of nitrogens with zero attached hydrogens (tertiary/aromatic N) is 1. The van der Waals surface area contributed by atoms with Gasteiger partial charge in [-0.1, -0.05) is 54.6 Å². The van der Waals surface area contributed by atoms with Crippen LogP contribution in [0.4, 0.5) is 0 Å². The first-order valence-electron chi connectivity index (χ1n) is 6.10. The third kappa shape index (κ3) is 2.62. The van der Waals surface area contributed by atoms with Crippen molar-refractivity contribution in [1.82, 2.24) is 0 Å². The molecule has 0 spiro atoms. The van der Waals surface area contributed by atoms with E-state index < -0.39 is 0 Å². The van der Waals surface area contributed by atoms with Crippen molar-refractivity contribution < 1.29 is 0 Å². The minimum atomic E-state index is 0.601. The van der Waals surface area contributed by atoms with Crippen molar-refractivity contribution in [1.29, 1.82) is 0 Å². The van der Waals surface area contributed by atoms with Crippen molar-refractivity contribution in [3.8, 4) is 11.1 Å². The molecule has 0 N–H and O–H groups in total. The smallest absolute Gasteiger partial charge is 0.0501 e. The second-order valence-corrected chi connectivity index (χ2v) is 4.50. The average molecular weight is 221 g/mol. The molecular formula is C16H15N. The first kappa shape index (κ1) is 10.3.